The number of aliphatic hydroxyl groups is 1. The van der Waals surface area contributed by atoms with E-state index in [-0.39, 0.29) is 11.9 Å². The topological polar surface area (TPSA) is 52.6 Å². The summed E-state index contributed by atoms with van der Waals surface area (Å²) in [6.45, 7) is 4.91. The Morgan fingerprint density at radius 2 is 2.28 bits per heavy atom. The number of halogens is 1. The Hall–Kier alpha value is -1.26. The van der Waals surface area contributed by atoms with E-state index in [9.17, 15) is 9.90 Å². The molecule has 5 heteroatoms. The maximum Gasteiger partial charge on any atom is 0.242 e. The van der Waals surface area contributed by atoms with Gasteiger partial charge in [0.2, 0.25) is 5.91 Å². The second kappa shape index (κ2) is 5.16. The van der Waals surface area contributed by atoms with E-state index in [0.717, 1.165) is 17.8 Å². The molecule has 1 aromatic carbocycles. The fourth-order valence-electron chi connectivity index (χ4n) is 2.13. The van der Waals surface area contributed by atoms with Crippen LogP contribution in [0.15, 0.2) is 18.2 Å². The number of hydrogen-bond donors (Lipinski definition) is 2. The van der Waals surface area contributed by atoms with Crippen molar-refractivity contribution in [2.75, 3.05) is 18.0 Å². The van der Waals surface area contributed by atoms with Crippen molar-refractivity contribution >= 4 is 23.2 Å². The molecule has 0 saturated carbocycles. The summed E-state index contributed by atoms with van der Waals surface area (Å²) in [6, 6.07) is 5.22. The molecule has 1 fully saturated rings. The van der Waals surface area contributed by atoms with E-state index in [1.165, 1.54) is 0 Å². The molecule has 4 nitrogen and oxygen atoms in total. The van der Waals surface area contributed by atoms with Crippen LogP contribution in [0.2, 0.25) is 5.02 Å². The Kier molecular flexibility index (Phi) is 3.78. The van der Waals surface area contributed by atoms with Gasteiger partial charge in [0.15, 0.2) is 0 Å². The largest absolute Gasteiger partial charge is 0.389 e. The highest BCUT2D eigenvalue weighted by Gasteiger charge is 2.26. The minimum absolute atomic E-state index is 0.0110. The molecule has 1 saturated heterocycles. The minimum atomic E-state index is -0.543. The quantitative estimate of drug-likeness (QED) is 0.859. The lowest BCUT2D eigenvalue weighted by Crippen LogP contribution is -2.54. The van der Waals surface area contributed by atoms with E-state index in [1.54, 1.807) is 13.0 Å². The average molecular weight is 269 g/mol. The molecule has 0 radical (unpaired) electrons. The number of benzene rings is 1. The number of nitrogens with one attached hydrogen (secondary N) is 1. The summed E-state index contributed by atoms with van der Waals surface area (Å²) in [7, 11) is 0. The van der Waals surface area contributed by atoms with E-state index in [4.69, 9.17) is 11.6 Å². The van der Waals surface area contributed by atoms with Crippen molar-refractivity contribution in [3.63, 3.8) is 0 Å². The van der Waals surface area contributed by atoms with E-state index in [2.05, 4.69) is 5.32 Å². The van der Waals surface area contributed by atoms with E-state index < -0.39 is 6.10 Å². The predicted molar refractivity (Wildman–Crippen MR) is 71.9 cm³/mol. The highest BCUT2D eigenvalue weighted by atomic mass is 35.5. The third-order valence-electron chi connectivity index (χ3n) is 3.26. The molecule has 0 bridgehead atoms. The molecule has 2 N–H and O–H groups in total. The zero-order valence-electron chi connectivity index (χ0n) is 10.5. The molecule has 2 atom stereocenters. The zero-order chi connectivity index (χ0) is 13.3. The van der Waals surface area contributed by atoms with Crippen molar-refractivity contribution in [3.05, 3.63) is 28.8 Å². The number of hydrogen-bond acceptors (Lipinski definition) is 3. The van der Waals surface area contributed by atoms with Crippen LogP contribution in [0.3, 0.4) is 0 Å². The van der Waals surface area contributed by atoms with Crippen LogP contribution in [-0.2, 0) is 4.79 Å². The predicted octanol–water partition coefficient (Wildman–Crippen LogP) is 1.72. The standard InChI is InChI=1S/C13H17ClN2O2/c1-8-13(18)15-5-6-16(8)12-4-3-10(9(2)17)7-11(12)14/h3-4,7-9,17H,5-6H2,1-2H3,(H,15,18)/t8?,9-/m0/s1. The van der Waals surface area contributed by atoms with Gasteiger partial charge >= 0.3 is 0 Å². The molecule has 1 aromatic rings. The second-order valence-corrected chi connectivity index (χ2v) is 4.95. The van der Waals surface area contributed by atoms with Gasteiger partial charge in [-0.2, -0.15) is 0 Å². The maximum atomic E-state index is 11.6. The monoisotopic (exact) mass is 268 g/mol. The summed E-state index contributed by atoms with van der Waals surface area (Å²) in [4.78, 5) is 13.6. The van der Waals surface area contributed by atoms with Crippen LogP contribution in [0.4, 0.5) is 5.69 Å². The number of carbonyl (C=O) groups is 1. The van der Waals surface area contributed by atoms with Gasteiger partial charge in [0, 0.05) is 13.1 Å². The van der Waals surface area contributed by atoms with Gasteiger partial charge < -0.3 is 15.3 Å². The zero-order valence-corrected chi connectivity index (χ0v) is 11.2. The average Bonchev–Trinajstić information content (AvgIpc) is 2.33. The van der Waals surface area contributed by atoms with Gasteiger partial charge in [-0.25, -0.2) is 0 Å². The number of carbonyl (C=O) groups excluding carboxylic acids is 1. The fraction of sp³-hybridized carbons (Fsp3) is 0.462. The number of nitrogens with zero attached hydrogens (tertiary/aromatic N) is 1. The maximum absolute atomic E-state index is 11.6. The number of amides is 1. The second-order valence-electron chi connectivity index (χ2n) is 4.55. The number of aliphatic hydroxyl groups excluding tert-OH is 1. The Morgan fingerprint density at radius 1 is 1.56 bits per heavy atom. The summed E-state index contributed by atoms with van der Waals surface area (Å²) in [5, 5.41) is 12.9. The first kappa shape index (κ1) is 13.2. The van der Waals surface area contributed by atoms with Crippen molar-refractivity contribution < 1.29 is 9.90 Å². The SMILES string of the molecule is CC1C(=O)NCCN1c1ccc([C@H](C)O)cc1Cl. The van der Waals surface area contributed by atoms with Crippen LogP contribution in [0.25, 0.3) is 0 Å². The van der Waals surface area contributed by atoms with Gasteiger partial charge in [0.05, 0.1) is 16.8 Å². The van der Waals surface area contributed by atoms with E-state index in [0.29, 0.717) is 11.6 Å². The summed E-state index contributed by atoms with van der Waals surface area (Å²) in [6.07, 6.45) is -0.543. The first-order valence-corrected chi connectivity index (χ1v) is 6.40. The van der Waals surface area contributed by atoms with Crippen molar-refractivity contribution in [1.82, 2.24) is 5.32 Å². The van der Waals surface area contributed by atoms with Crippen molar-refractivity contribution in [1.29, 1.82) is 0 Å². The molecule has 98 valence electrons. The van der Waals surface area contributed by atoms with Crippen molar-refractivity contribution in [3.8, 4) is 0 Å². The van der Waals surface area contributed by atoms with Crippen molar-refractivity contribution in [2.24, 2.45) is 0 Å². The molecule has 1 aliphatic rings. The Balaban J connectivity index is 2.30. The highest BCUT2D eigenvalue weighted by molar-refractivity contribution is 6.33. The molecular weight excluding hydrogens is 252 g/mol. The molecule has 1 amide bonds. The summed E-state index contributed by atoms with van der Waals surface area (Å²) >= 11 is 6.24. The van der Waals surface area contributed by atoms with Crippen LogP contribution >= 0.6 is 11.6 Å². The molecule has 1 aliphatic heterocycles. The lowest BCUT2D eigenvalue weighted by atomic mass is 10.1. The lowest BCUT2D eigenvalue weighted by Gasteiger charge is -2.35. The minimum Gasteiger partial charge on any atom is -0.389 e. The Labute approximate surface area is 112 Å². The van der Waals surface area contributed by atoms with Gasteiger partial charge in [-0.05, 0) is 31.5 Å². The smallest absolute Gasteiger partial charge is 0.242 e. The number of rotatable bonds is 2. The van der Waals surface area contributed by atoms with Crippen LogP contribution in [0.5, 0.6) is 0 Å². The fourth-order valence-corrected chi connectivity index (χ4v) is 2.43. The van der Waals surface area contributed by atoms with Crippen LogP contribution < -0.4 is 10.2 Å². The van der Waals surface area contributed by atoms with Crippen LogP contribution in [0, 0.1) is 0 Å². The summed E-state index contributed by atoms with van der Waals surface area (Å²) in [5.41, 5.74) is 1.61. The van der Waals surface area contributed by atoms with E-state index >= 15 is 0 Å². The van der Waals surface area contributed by atoms with Crippen LogP contribution in [-0.4, -0.2) is 30.1 Å². The highest BCUT2D eigenvalue weighted by Crippen LogP contribution is 2.30. The van der Waals surface area contributed by atoms with Crippen LogP contribution in [0.1, 0.15) is 25.5 Å². The molecule has 1 unspecified atom stereocenters. The third-order valence-corrected chi connectivity index (χ3v) is 3.57. The normalized spacial score (nSPS) is 21.7. The molecular formula is C13H17ClN2O2. The van der Waals surface area contributed by atoms with Gasteiger partial charge in [0.25, 0.3) is 0 Å². The molecule has 18 heavy (non-hydrogen) atoms. The van der Waals surface area contributed by atoms with Crippen molar-refractivity contribution in [2.45, 2.75) is 26.0 Å². The first-order valence-electron chi connectivity index (χ1n) is 6.02. The molecule has 0 spiro atoms. The Morgan fingerprint density at radius 3 is 2.89 bits per heavy atom. The number of anilines is 1. The summed E-state index contributed by atoms with van der Waals surface area (Å²) < 4.78 is 0. The van der Waals surface area contributed by atoms with Gasteiger partial charge in [-0.1, -0.05) is 17.7 Å². The summed E-state index contributed by atoms with van der Waals surface area (Å²) in [5.74, 6) is 0.0110. The Bertz CT molecular complexity index is 462. The van der Waals surface area contributed by atoms with Gasteiger partial charge in [-0.3, -0.25) is 4.79 Å². The van der Waals surface area contributed by atoms with E-state index in [1.807, 2.05) is 24.0 Å². The lowest BCUT2D eigenvalue weighted by molar-refractivity contribution is -0.122. The molecule has 2 rings (SSSR count). The first-order chi connectivity index (χ1) is 8.50. The third kappa shape index (κ3) is 2.44. The number of piperazine rings is 1. The van der Waals surface area contributed by atoms with Gasteiger partial charge in [0.1, 0.15) is 6.04 Å². The van der Waals surface area contributed by atoms with Gasteiger partial charge in [-0.15, -0.1) is 0 Å². The molecule has 0 aromatic heterocycles. The molecule has 1 heterocycles. The molecule has 0 aliphatic carbocycles.